The van der Waals surface area contributed by atoms with Gasteiger partial charge >= 0.3 is 5.97 Å². The molecule has 0 spiro atoms. The van der Waals surface area contributed by atoms with Crippen molar-refractivity contribution in [2.45, 2.75) is 31.6 Å². The number of pyridine rings is 1. The van der Waals surface area contributed by atoms with E-state index < -0.39 is 17.8 Å². The van der Waals surface area contributed by atoms with E-state index >= 15 is 0 Å². The first kappa shape index (κ1) is 23.4. The van der Waals surface area contributed by atoms with Gasteiger partial charge in [0.1, 0.15) is 5.82 Å². The van der Waals surface area contributed by atoms with Crippen LogP contribution in [0.15, 0.2) is 42.6 Å². The maximum Gasteiger partial charge on any atom is 0.303 e. The SMILES string of the molecule is O=C(O)CC(CC(=O)NNC(=O)CCCNc1ccccn1)c1cc(Cl)cc(Cl)c1. The van der Waals surface area contributed by atoms with Crippen LogP contribution in [0, 0.1) is 0 Å². The van der Waals surface area contributed by atoms with Gasteiger partial charge in [-0.3, -0.25) is 25.2 Å². The van der Waals surface area contributed by atoms with E-state index in [9.17, 15) is 14.4 Å². The number of amides is 2. The summed E-state index contributed by atoms with van der Waals surface area (Å²) in [4.78, 5) is 39.4. The summed E-state index contributed by atoms with van der Waals surface area (Å²) in [6.07, 6.45) is 1.98. The van der Waals surface area contributed by atoms with Crippen LogP contribution in [0.4, 0.5) is 5.82 Å². The summed E-state index contributed by atoms with van der Waals surface area (Å²) >= 11 is 11.9. The van der Waals surface area contributed by atoms with Crippen molar-refractivity contribution in [3.05, 3.63) is 58.2 Å². The topological polar surface area (TPSA) is 120 Å². The fraction of sp³-hybridized carbons (Fsp3) is 0.300. The van der Waals surface area contributed by atoms with Crippen LogP contribution in [0.2, 0.25) is 10.0 Å². The number of carboxylic acids is 1. The van der Waals surface area contributed by atoms with Crippen molar-refractivity contribution in [1.29, 1.82) is 0 Å². The second-order valence-electron chi connectivity index (χ2n) is 6.54. The zero-order valence-electron chi connectivity index (χ0n) is 16.0. The van der Waals surface area contributed by atoms with E-state index in [1.54, 1.807) is 18.3 Å². The highest BCUT2D eigenvalue weighted by molar-refractivity contribution is 6.34. The van der Waals surface area contributed by atoms with Gasteiger partial charge in [0, 0.05) is 41.5 Å². The number of hydrogen-bond donors (Lipinski definition) is 4. The van der Waals surface area contributed by atoms with Gasteiger partial charge in [0.25, 0.3) is 0 Å². The lowest BCUT2D eigenvalue weighted by Gasteiger charge is -2.16. The van der Waals surface area contributed by atoms with Crippen molar-refractivity contribution in [2.75, 3.05) is 11.9 Å². The minimum Gasteiger partial charge on any atom is -0.481 e. The molecule has 30 heavy (non-hydrogen) atoms. The maximum absolute atomic E-state index is 12.2. The molecule has 0 aliphatic rings. The summed E-state index contributed by atoms with van der Waals surface area (Å²) in [6, 6.07) is 10.1. The summed E-state index contributed by atoms with van der Waals surface area (Å²) in [5.74, 6) is -1.85. The van der Waals surface area contributed by atoms with E-state index in [4.69, 9.17) is 28.3 Å². The molecule has 0 fully saturated rings. The number of benzene rings is 1. The summed E-state index contributed by atoms with van der Waals surface area (Å²) in [7, 11) is 0. The van der Waals surface area contributed by atoms with Crippen LogP contribution < -0.4 is 16.2 Å². The zero-order chi connectivity index (χ0) is 21.9. The van der Waals surface area contributed by atoms with Crippen LogP contribution in [-0.2, 0) is 14.4 Å². The standard InChI is InChI=1S/C20H22Cl2N4O4/c21-15-8-13(9-16(22)12-15)14(11-20(29)30)10-19(28)26-25-18(27)5-3-7-24-17-4-1-2-6-23-17/h1-2,4,6,8-9,12,14H,3,5,7,10-11H2,(H,23,24)(H,25,27)(H,26,28)(H,29,30). The molecule has 1 atom stereocenters. The van der Waals surface area contributed by atoms with Gasteiger partial charge < -0.3 is 10.4 Å². The number of aromatic nitrogens is 1. The van der Waals surface area contributed by atoms with Gasteiger partial charge in [0.15, 0.2) is 0 Å². The molecule has 0 bridgehead atoms. The number of carbonyl (C=O) groups is 3. The monoisotopic (exact) mass is 452 g/mol. The third kappa shape index (κ3) is 8.67. The molecule has 0 aliphatic heterocycles. The summed E-state index contributed by atoms with van der Waals surface area (Å²) in [6.45, 7) is 0.550. The fourth-order valence-electron chi connectivity index (χ4n) is 2.74. The molecule has 1 unspecified atom stereocenters. The highest BCUT2D eigenvalue weighted by atomic mass is 35.5. The Kier molecular flexibility index (Phi) is 9.37. The first-order valence-electron chi connectivity index (χ1n) is 9.24. The number of aliphatic carboxylic acids is 1. The first-order valence-corrected chi connectivity index (χ1v) is 9.99. The van der Waals surface area contributed by atoms with Crippen LogP contribution in [0.1, 0.15) is 37.2 Å². The Bertz CT molecular complexity index is 860. The molecule has 10 heteroatoms. The molecular weight excluding hydrogens is 431 g/mol. The van der Waals surface area contributed by atoms with Gasteiger partial charge in [-0.15, -0.1) is 0 Å². The highest BCUT2D eigenvalue weighted by Crippen LogP contribution is 2.29. The number of nitrogens with one attached hydrogen (secondary N) is 3. The number of anilines is 1. The summed E-state index contributed by atoms with van der Waals surface area (Å²) in [5.41, 5.74) is 5.19. The minimum atomic E-state index is -1.06. The van der Waals surface area contributed by atoms with E-state index in [1.807, 2.05) is 18.2 Å². The molecule has 0 saturated heterocycles. The number of nitrogens with zero attached hydrogens (tertiary/aromatic N) is 1. The van der Waals surface area contributed by atoms with E-state index in [1.165, 1.54) is 6.07 Å². The number of halogens is 2. The van der Waals surface area contributed by atoms with Crippen LogP contribution in [-0.4, -0.2) is 34.4 Å². The highest BCUT2D eigenvalue weighted by Gasteiger charge is 2.20. The second kappa shape index (κ2) is 12.0. The number of hydrogen-bond acceptors (Lipinski definition) is 5. The van der Waals surface area contributed by atoms with E-state index in [0.717, 1.165) is 5.82 Å². The number of carboxylic acid groups (broad SMARTS) is 1. The normalized spacial score (nSPS) is 11.4. The summed E-state index contributed by atoms with van der Waals surface area (Å²) < 4.78 is 0. The maximum atomic E-state index is 12.2. The van der Waals surface area contributed by atoms with Gasteiger partial charge in [-0.1, -0.05) is 29.3 Å². The lowest BCUT2D eigenvalue weighted by atomic mass is 9.92. The van der Waals surface area contributed by atoms with Crippen LogP contribution in [0.25, 0.3) is 0 Å². The molecule has 2 amide bonds. The van der Waals surface area contributed by atoms with Crippen molar-refractivity contribution in [3.8, 4) is 0 Å². The lowest BCUT2D eigenvalue weighted by Crippen LogP contribution is -2.42. The number of rotatable bonds is 10. The van der Waals surface area contributed by atoms with Gasteiger partial charge in [-0.2, -0.15) is 0 Å². The molecule has 2 rings (SSSR count). The molecule has 4 N–H and O–H groups in total. The Morgan fingerprint density at radius 3 is 2.33 bits per heavy atom. The van der Waals surface area contributed by atoms with Gasteiger partial charge in [-0.05, 0) is 42.3 Å². The van der Waals surface area contributed by atoms with Crippen molar-refractivity contribution in [1.82, 2.24) is 15.8 Å². The zero-order valence-corrected chi connectivity index (χ0v) is 17.5. The molecule has 0 radical (unpaired) electrons. The average Bonchev–Trinajstić information content (AvgIpc) is 2.69. The Morgan fingerprint density at radius 2 is 1.70 bits per heavy atom. The van der Waals surface area contributed by atoms with Crippen LogP contribution >= 0.6 is 23.2 Å². The van der Waals surface area contributed by atoms with Gasteiger partial charge in [0.05, 0.1) is 6.42 Å². The fourth-order valence-corrected chi connectivity index (χ4v) is 3.28. The largest absolute Gasteiger partial charge is 0.481 e. The van der Waals surface area contributed by atoms with E-state index in [-0.39, 0.29) is 25.2 Å². The lowest BCUT2D eigenvalue weighted by molar-refractivity contribution is -0.137. The van der Waals surface area contributed by atoms with Crippen molar-refractivity contribution in [3.63, 3.8) is 0 Å². The summed E-state index contributed by atoms with van der Waals surface area (Å²) in [5, 5.41) is 12.9. The molecule has 0 saturated carbocycles. The predicted molar refractivity (Wildman–Crippen MR) is 114 cm³/mol. The third-order valence-corrected chi connectivity index (χ3v) is 4.54. The molecule has 0 aliphatic carbocycles. The van der Waals surface area contributed by atoms with Crippen molar-refractivity contribution in [2.24, 2.45) is 0 Å². The Morgan fingerprint density at radius 1 is 1.00 bits per heavy atom. The van der Waals surface area contributed by atoms with Crippen molar-refractivity contribution < 1.29 is 19.5 Å². The Hall–Kier alpha value is -2.84. The Balaban J connectivity index is 1.77. The molecule has 160 valence electrons. The smallest absolute Gasteiger partial charge is 0.303 e. The molecule has 1 aromatic carbocycles. The predicted octanol–water partition coefficient (Wildman–Crippen LogP) is 3.38. The van der Waals surface area contributed by atoms with Crippen LogP contribution in [0.5, 0.6) is 0 Å². The number of hydrazine groups is 1. The molecule has 1 aromatic heterocycles. The third-order valence-electron chi connectivity index (χ3n) is 4.10. The molecule has 8 nitrogen and oxygen atoms in total. The molecule has 2 aromatic rings. The molecular formula is C20H22Cl2N4O4. The van der Waals surface area contributed by atoms with Gasteiger partial charge in [0.2, 0.25) is 11.8 Å². The average molecular weight is 453 g/mol. The Labute approximate surface area is 183 Å². The number of carbonyl (C=O) groups excluding carboxylic acids is 2. The van der Waals surface area contributed by atoms with E-state index in [0.29, 0.717) is 28.6 Å². The van der Waals surface area contributed by atoms with Gasteiger partial charge in [-0.25, -0.2) is 4.98 Å². The quantitative estimate of drug-likeness (QED) is 0.323. The second-order valence-corrected chi connectivity index (χ2v) is 7.42. The minimum absolute atomic E-state index is 0.148. The van der Waals surface area contributed by atoms with Crippen LogP contribution in [0.3, 0.4) is 0 Å². The van der Waals surface area contributed by atoms with Crippen molar-refractivity contribution >= 4 is 46.8 Å². The molecule has 1 heterocycles. The first-order chi connectivity index (χ1) is 14.3. The van der Waals surface area contributed by atoms with E-state index in [2.05, 4.69) is 21.2 Å².